The molecule has 3 aliphatic rings. The molecule has 0 aliphatic carbocycles. The number of aromatic nitrogens is 3. The number of pyridine rings is 2. The van der Waals surface area contributed by atoms with Gasteiger partial charge in [-0.2, -0.15) is 0 Å². The molecule has 3 atom stereocenters. The number of Topliss-reactive ketones (excluding diaryl/α,β-unsaturated/α-hetero) is 1. The maximum atomic E-state index is 13.3. The third-order valence-electron chi connectivity index (χ3n) is 8.63. The monoisotopic (exact) mass is 474 g/mol. The zero-order valence-electron chi connectivity index (χ0n) is 21.0. The van der Waals surface area contributed by atoms with Gasteiger partial charge in [0.25, 0.3) is 0 Å². The lowest BCUT2D eigenvalue weighted by Crippen LogP contribution is -2.58. The second-order valence-corrected chi connectivity index (χ2v) is 10.8. The van der Waals surface area contributed by atoms with Crippen LogP contribution in [0.5, 0.6) is 0 Å². The first-order valence-electron chi connectivity index (χ1n) is 13.7. The van der Waals surface area contributed by atoms with Crippen LogP contribution in [0.2, 0.25) is 0 Å². The summed E-state index contributed by atoms with van der Waals surface area (Å²) in [5, 5.41) is 7.35. The molecule has 0 amide bonds. The van der Waals surface area contributed by atoms with Crippen molar-refractivity contribution in [2.45, 2.75) is 63.8 Å². The number of likely N-dealkylation sites (tertiary alicyclic amines) is 1. The SMILES string of the molecule is CCC(=O)C1CC(c2ccnc3cnc4[nH]ccc4c23)CCN1N1CCCC(CN2CCCC2)C1. The van der Waals surface area contributed by atoms with Crippen LogP contribution in [-0.4, -0.2) is 81.0 Å². The molecule has 0 aromatic carbocycles. The molecule has 7 nitrogen and oxygen atoms in total. The topological polar surface area (TPSA) is 68.4 Å². The van der Waals surface area contributed by atoms with E-state index in [0.29, 0.717) is 18.1 Å². The van der Waals surface area contributed by atoms with Crippen LogP contribution >= 0.6 is 0 Å². The molecule has 1 N–H and O–H groups in total. The Hall–Kier alpha value is -2.35. The lowest BCUT2D eigenvalue weighted by Gasteiger charge is -2.48. The third kappa shape index (κ3) is 4.50. The average Bonchev–Trinajstić information content (AvgIpc) is 3.60. The van der Waals surface area contributed by atoms with Crippen molar-refractivity contribution in [2.75, 3.05) is 39.3 Å². The van der Waals surface area contributed by atoms with Crippen LogP contribution in [0, 0.1) is 5.92 Å². The van der Waals surface area contributed by atoms with Crippen molar-refractivity contribution in [1.29, 1.82) is 0 Å². The Morgan fingerprint density at radius 2 is 1.97 bits per heavy atom. The van der Waals surface area contributed by atoms with Gasteiger partial charge in [0.15, 0.2) is 5.78 Å². The van der Waals surface area contributed by atoms with Crippen molar-refractivity contribution in [3.05, 3.63) is 36.3 Å². The molecule has 3 aliphatic heterocycles. The van der Waals surface area contributed by atoms with Crippen LogP contribution in [0.25, 0.3) is 21.9 Å². The Kier molecular flexibility index (Phi) is 6.56. The number of H-pyrrole nitrogens is 1. The van der Waals surface area contributed by atoms with Gasteiger partial charge in [-0.05, 0) is 81.1 Å². The number of piperidine rings is 2. The zero-order chi connectivity index (χ0) is 23.8. The van der Waals surface area contributed by atoms with E-state index in [1.165, 1.54) is 56.3 Å². The summed E-state index contributed by atoms with van der Waals surface area (Å²) in [4.78, 5) is 28.3. The number of rotatable bonds is 6. The van der Waals surface area contributed by atoms with Gasteiger partial charge >= 0.3 is 0 Å². The standard InChI is InChI=1S/C28H38N6O/c1-2-26(35)25-16-21(22-7-10-29-24-17-31-28-23(27(22)24)8-11-30-28)9-15-34(25)33-14-5-6-20(19-33)18-32-12-3-4-13-32/h7-8,10-11,17,20-21,25H,2-6,9,12-16,18-19H2,1H3,(H,30,31). The second kappa shape index (κ2) is 9.96. The van der Waals surface area contributed by atoms with Crippen LogP contribution in [0.15, 0.2) is 30.7 Å². The van der Waals surface area contributed by atoms with Crippen molar-refractivity contribution >= 4 is 27.7 Å². The highest BCUT2D eigenvalue weighted by Crippen LogP contribution is 2.38. The smallest absolute Gasteiger partial charge is 0.151 e. The molecule has 6 heterocycles. The molecule has 7 heteroatoms. The summed E-state index contributed by atoms with van der Waals surface area (Å²) in [6.07, 6.45) is 13.5. The fourth-order valence-corrected chi connectivity index (χ4v) is 6.88. The molecule has 6 rings (SSSR count). The van der Waals surface area contributed by atoms with Gasteiger partial charge in [-0.15, -0.1) is 0 Å². The van der Waals surface area contributed by atoms with E-state index in [2.05, 4.69) is 42.0 Å². The van der Waals surface area contributed by atoms with Crippen LogP contribution in [0.3, 0.4) is 0 Å². The van der Waals surface area contributed by atoms with Gasteiger partial charge < -0.3 is 9.88 Å². The molecule has 3 aromatic rings. The number of carbonyl (C=O) groups is 1. The second-order valence-electron chi connectivity index (χ2n) is 10.8. The number of ketones is 1. The number of aromatic amines is 1. The van der Waals surface area contributed by atoms with E-state index in [9.17, 15) is 4.79 Å². The van der Waals surface area contributed by atoms with Gasteiger partial charge in [0.05, 0.1) is 17.8 Å². The first kappa shape index (κ1) is 23.1. The Morgan fingerprint density at radius 3 is 2.83 bits per heavy atom. The van der Waals surface area contributed by atoms with Gasteiger partial charge in [-0.25, -0.2) is 15.0 Å². The van der Waals surface area contributed by atoms with Crippen molar-refractivity contribution in [1.82, 2.24) is 29.9 Å². The summed E-state index contributed by atoms with van der Waals surface area (Å²) in [5.41, 5.74) is 3.17. The van der Waals surface area contributed by atoms with E-state index >= 15 is 0 Å². The summed E-state index contributed by atoms with van der Waals surface area (Å²) in [6, 6.07) is 4.25. The quantitative estimate of drug-likeness (QED) is 0.573. The molecule has 3 aromatic heterocycles. The number of fused-ring (bicyclic) bond motifs is 3. The predicted octanol–water partition coefficient (Wildman–Crippen LogP) is 4.36. The predicted molar refractivity (Wildman–Crippen MR) is 139 cm³/mol. The van der Waals surface area contributed by atoms with E-state index in [1.807, 2.05) is 25.5 Å². The van der Waals surface area contributed by atoms with Gasteiger partial charge in [0.1, 0.15) is 5.65 Å². The molecule has 3 unspecified atom stereocenters. The van der Waals surface area contributed by atoms with Crippen LogP contribution in [0.1, 0.15) is 63.4 Å². The molecule has 35 heavy (non-hydrogen) atoms. The molecular weight excluding hydrogens is 436 g/mol. The van der Waals surface area contributed by atoms with Gasteiger partial charge in [-0.1, -0.05) is 6.92 Å². The molecule has 0 spiro atoms. The molecule has 186 valence electrons. The molecule has 0 radical (unpaired) electrons. The largest absolute Gasteiger partial charge is 0.346 e. The Labute approximate surface area is 207 Å². The maximum absolute atomic E-state index is 13.3. The Morgan fingerprint density at radius 1 is 1.09 bits per heavy atom. The minimum absolute atomic E-state index is 0.0314. The fraction of sp³-hybridized carbons (Fsp3) is 0.607. The molecule has 3 fully saturated rings. The Bertz CT molecular complexity index is 1180. The third-order valence-corrected chi connectivity index (χ3v) is 8.63. The Balaban J connectivity index is 1.25. The van der Waals surface area contributed by atoms with Crippen molar-refractivity contribution < 1.29 is 4.79 Å². The molecular formula is C28H38N6O. The molecule has 0 saturated carbocycles. The lowest BCUT2D eigenvalue weighted by molar-refractivity contribution is -0.144. The summed E-state index contributed by atoms with van der Waals surface area (Å²) >= 11 is 0. The van der Waals surface area contributed by atoms with Crippen LogP contribution in [-0.2, 0) is 4.79 Å². The van der Waals surface area contributed by atoms with Gasteiger partial charge in [0.2, 0.25) is 0 Å². The minimum Gasteiger partial charge on any atom is -0.346 e. The number of hydrogen-bond acceptors (Lipinski definition) is 6. The van der Waals surface area contributed by atoms with Crippen molar-refractivity contribution in [2.24, 2.45) is 5.92 Å². The average molecular weight is 475 g/mol. The first-order valence-corrected chi connectivity index (χ1v) is 13.7. The normalized spacial score (nSPS) is 27.2. The van der Waals surface area contributed by atoms with Crippen molar-refractivity contribution in [3.8, 4) is 0 Å². The minimum atomic E-state index is -0.0314. The molecule has 0 bridgehead atoms. The summed E-state index contributed by atoms with van der Waals surface area (Å²) in [6.45, 7) is 8.91. The van der Waals surface area contributed by atoms with E-state index in [1.54, 1.807) is 0 Å². The van der Waals surface area contributed by atoms with E-state index in [-0.39, 0.29) is 6.04 Å². The summed E-state index contributed by atoms with van der Waals surface area (Å²) < 4.78 is 0. The van der Waals surface area contributed by atoms with Crippen molar-refractivity contribution in [3.63, 3.8) is 0 Å². The maximum Gasteiger partial charge on any atom is 0.151 e. The number of hydrogen-bond donors (Lipinski definition) is 1. The van der Waals surface area contributed by atoms with E-state index in [4.69, 9.17) is 0 Å². The van der Waals surface area contributed by atoms with Gasteiger partial charge in [-0.3, -0.25) is 9.78 Å². The zero-order valence-corrected chi connectivity index (χ0v) is 21.0. The van der Waals surface area contributed by atoms with Crippen LogP contribution in [0.4, 0.5) is 0 Å². The lowest BCUT2D eigenvalue weighted by atomic mass is 9.82. The molecule has 3 saturated heterocycles. The first-order chi connectivity index (χ1) is 17.2. The highest BCUT2D eigenvalue weighted by atomic mass is 16.1. The summed E-state index contributed by atoms with van der Waals surface area (Å²) in [7, 11) is 0. The van der Waals surface area contributed by atoms with E-state index < -0.39 is 0 Å². The number of carbonyl (C=O) groups excluding carboxylic acids is 1. The van der Waals surface area contributed by atoms with Gasteiger partial charge in [0, 0.05) is 55.8 Å². The van der Waals surface area contributed by atoms with Crippen LogP contribution < -0.4 is 0 Å². The number of hydrazine groups is 1. The highest BCUT2D eigenvalue weighted by Gasteiger charge is 2.38. The number of nitrogens with zero attached hydrogens (tertiary/aromatic N) is 5. The highest BCUT2D eigenvalue weighted by molar-refractivity contribution is 6.05. The summed E-state index contributed by atoms with van der Waals surface area (Å²) in [5.74, 6) is 1.45. The van der Waals surface area contributed by atoms with E-state index in [0.717, 1.165) is 54.9 Å². The fourth-order valence-electron chi connectivity index (χ4n) is 6.88. The number of nitrogens with one attached hydrogen (secondary N) is 1.